The number of benzene rings is 1. The van der Waals surface area contributed by atoms with E-state index in [1.54, 1.807) is 11.8 Å². The van der Waals surface area contributed by atoms with Crippen LogP contribution < -0.4 is 0 Å². The second-order valence-electron chi connectivity index (χ2n) is 4.33. The Hall–Kier alpha value is -1.48. The molecular formula is C13H12ClNO2. The highest BCUT2D eigenvalue weighted by molar-refractivity contribution is 6.31. The number of rotatable bonds is 0. The van der Waals surface area contributed by atoms with Crippen LogP contribution >= 0.6 is 11.6 Å². The van der Waals surface area contributed by atoms with E-state index in [4.69, 9.17) is 16.0 Å². The van der Waals surface area contributed by atoms with Crippen LogP contribution in [0, 0.1) is 0 Å². The van der Waals surface area contributed by atoms with E-state index in [1.165, 1.54) is 5.56 Å². The maximum Gasteiger partial charge on any atom is 0.219 e. The van der Waals surface area contributed by atoms with Crippen LogP contribution in [0.4, 0.5) is 0 Å². The first kappa shape index (κ1) is 10.7. The zero-order valence-electron chi connectivity index (χ0n) is 9.50. The minimum absolute atomic E-state index is 0.0918. The minimum atomic E-state index is 0.0918. The van der Waals surface area contributed by atoms with Gasteiger partial charge in [0.15, 0.2) is 0 Å². The molecule has 2 heterocycles. The van der Waals surface area contributed by atoms with Gasteiger partial charge in [-0.15, -0.1) is 0 Å². The minimum Gasteiger partial charge on any atom is -0.459 e. The predicted molar refractivity (Wildman–Crippen MR) is 66.0 cm³/mol. The molecule has 0 fully saturated rings. The van der Waals surface area contributed by atoms with E-state index in [9.17, 15) is 4.79 Å². The number of hydrogen-bond donors (Lipinski definition) is 0. The molecule has 0 saturated carbocycles. The summed E-state index contributed by atoms with van der Waals surface area (Å²) in [5.74, 6) is 0.984. The van der Waals surface area contributed by atoms with Crippen molar-refractivity contribution in [3.63, 3.8) is 0 Å². The Morgan fingerprint density at radius 2 is 2.29 bits per heavy atom. The third-order valence-electron chi connectivity index (χ3n) is 3.25. The summed E-state index contributed by atoms with van der Waals surface area (Å²) in [5.41, 5.74) is 2.05. The molecule has 4 heteroatoms. The van der Waals surface area contributed by atoms with Gasteiger partial charge in [0, 0.05) is 29.4 Å². The summed E-state index contributed by atoms with van der Waals surface area (Å²) in [6.45, 7) is 2.91. The van der Waals surface area contributed by atoms with E-state index in [0.717, 1.165) is 34.7 Å². The summed E-state index contributed by atoms with van der Waals surface area (Å²) in [5, 5.41) is 1.80. The van der Waals surface area contributed by atoms with Gasteiger partial charge in [0.1, 0.15) is 11.3 Å². The Balaban J connectivity index is 2.10. The van der Waals surface area contributed by atoms with Gasteiger partial charge in [0.2, 0.25) is 5.91 Å². The lowest BCUT2D eigenvalue weighted by molar-refractivity contribution is -0.130. The lowest BCUT2D eigenvalue weighted by Crippen LogP contribution is -2.33. The number of carbonyl (C=O) groups excluding carboxylic acids is 1. The maximum absolute atomic E-state index is 11.3. The maximum atomic E-state index is 11.3. The van der Waals surface area contributed by atoms with E-state index < -0.39 is 0 Å². The van der Waals surface area contributed by atoms with Gasteiger partial charge in [-0.2, -0.15) is 0 Å². The van der Waals surface area contributed by atoms with Gasteiger partial charge < -0.3 is 9.32 Å². The molecule has 1 aromatic carbocycles. The third kappa shape index (κ3) is 1.71. The quantitative estimate of drug-likeness (QED) is 0.719. The summed E-state index contributed by atoms with van der Waals surface area (Å²) in [6, 6.07) is 5.64. The molecule has 0 radical (unpaired) electrons. The van der Waals surface area contributed by atoms with Crippen molar-refractivity contribution in [2.45, 2.75) is 19.9 Å². The molecule has 3 rings (SSSR count). The molecule has 0 aliphatic carbocycles. The van der Waals surface area contributed by atoms with Crippen LogP contribution in [0.3, 0.4) is 0 Å². The van der Waals surface area contributed by atoms with Gasteiger partial charge in [-0.05, 0) is 24.6 Å². The number of nitrogens with zero attached hydrogens (tertiary/aromatic N) is 1. The van der Waals surface area contributed by atoms with Crippen LogP contribution in [0.25, 0.3) is 11.0 Å². The number of fused-ring (bicyclic) bond motifs is 3. The van der Waals surface area contributed by atoms with Crippen molar-refractivity contribution in [1.82, 2.24) is 4.90 Å². The number of halogens is 1. The van der Waals surface area contributed by atoms with E-state index in [-0.39, 0.29) is 5.91 Å². The summed E-state index contributed by atoms with van der Waals surface area (Å²) >= 11 is 5.99. The zero-order valence-corrected chi connectivity index (χ0v) is 10.3. The molecule has 0 N–H and O–H groups in total. The smallest absolute Gasteiger partial charge is 0.219 e. The molecule has 2 aromatic rings. The van der Waals surface area contributed by atoms with Crippen LogP contribution in [0.5, 0.6) is 0 Å². The highest BCUT2D eigenvalue weighted by Gasteiger charge is 2.23. The van der Waals surface area contributed by atoms with E-state index in [1.807, 2.05) is 18.2 Å². The molecule has 0 atom stereocenters. The molecule has 88 valence electrons. The van der Waals surface area contributed by atoms with Crippen molar-refractivity contribution in [1.29, 1.82) is 0 Å². The van der Waals surface area contributed by atoms with Crippen molar-refractivity contribution in [3.8, 4) is 0 Å². The Kier molecular flexibility index (Phi) is 2.37. The van der Waals surface area contributed by atoms with Crippen molar-refractivity contribution in [3.05, 3.63) is 34.5 Å². The average Bonchev–Trinajstić information content (AvgIpc) is 2.66. The lowest BCUT2D eigenvalue weighted by atomic mass is 10.0. The lowest BCUT2D eigenvalue weighted by Gasteiger charge is -2.24. The fourth-order valence-electron chi connectivity index (χ4n) is 2.34. The van der Waals surface area contributed by atoms with Crippen molar-refractivity contribution in [2.24, 2.45) is 0 Å². The average molecular weight is 250 g/mol. The Labute approximate surface area is 104 Å². The van der Waals surface area contributed by atoms with E-state index >= 15 is 0 Å². The first-order valence-corrected chi connectivity index (χ1v) is 5.98. The first-order valence-electron chi connectivity index (χ1n) is 5.60. The van der Waals surface area contributed by atoms with Gasteiger partial charge in [-0.25, -0.2) is 0 Å². The fraction of sp³-hybridized carbons (Fsp3) is 0.308. The highest BCUT2D eigenvalue weighted by Crippen LogP contribution is 2.32. The number of carbonyl (C=O) groups is 1. The van der Waals surface area contributed by atoms with Crippen LogP contribution in [0.15, 0.2) is 22.6 Å². The molecule has 1 amide bonds. The van der Waals surface area contributed by atoms with Crippen molar-refractivity contribution < 1.29 is 9.21 Å². The van der Waals surface area contributed by atoms with Crippen LogP contribution in [0.2, 0.25) is 5.02 Å². The van der Waals surface area contributed by atoms with E-state index in [0.29, 0.717) is 6.54 Å². The number of furan rings is 1. The second-order valence-corrected chi connectivity index (χ2v) is 4.77. The molecule has 0 spiro atoms. The number of amides is 1. The Morgan fingerprint density at radius 1 is 1.47 bits per heavy atom. The van der Waals surface area contributed by atoms with Gasteiger partial charge in [0.05, 0.1) is 6.54 Å². The standard InChI is InChI=1S/C13H12ClNO2/c1-8(16)15-5-4-10-11-6-9(14)2-3-12(11)17-13(10)7-15/h2-3,6H,4-5,7H2,1H3. The monoisotopic (exact) mass is 249 g/mol. The molecular weight excluding hydrogens is 238 g/mol. The van der Waals surface area contributed by atoms with Crippen LogP contribution in [-0.2, 0) is 17.8 Å². The molecule has 0 saturated heterocycles. The summed E-state index contributed by atoms with van der Waals surface area (Å²) in [7, 11) is 0. The van der Waals surface area contributed by atoms with Gasteiger partial charge in [-0.3, -0.25) is 4.79 Å². The molecule has 1 aromatic heterocycles. The second kappa shape index (κ2) is 3.77. The highest BCUT2D eigenvalue weighted by atomic mass is 35.5. The largest absolute Gasteiger partial charge is 0.459 e. The van der Waals surface area contributed by atoms with Crippen LogP contribution in [-0.4, -0.2) is 17.4 Å². The fourth-order valence-corrected chi connectivity index (χ4v) is 2.51. The summed E-state index contributed by atoms with van der Waals surface area (Å²) in [6.07, 6.45) is 0.836. The van der Waals surface area contributed by atoms with E-state index in [2.05, 4.69) is 0 Å². The third-order valence-corrected chi connectivity index (χ3v) is 3.48. The molecule has 1 aliphatic heterocycles. The van der Waals surface area contributed by atoms with Crippen molar-refractivity contribution >= 4 is 28.5 Å². The Bertz CT molecular complexity index is 603. The van der Waals surface area contributed by atoms with Gasteiger partial charge >= 0.3 is 0 Å². The SMILES string of the molecule is CC(=O)N1CCc2c(oc3ccc(Cl)cc23)C1. The molecule has 0 unspecified atom stereocenters. The molecule has 1 aliphatic rings. The van der Waals surface area contributed by atoms with Crippen LogP contribution in [0.1, 0.15) is 18.2 Å². The first-order chi connectivity index (χ1) is 8.15. The summed E-state index contributed by atoms with van der Waals surface area (Å²) < 4.78 is 5.77. The molecule has 17 heavy (non-hydrogen) atoms. The Morgan fingerprint density at radius 3 is 3.06 bits per heavy atom. The normalized spacial score (nSPS) is 15.1. The van der Waals surface area contributed by atoms with Crippen molar-refractivity contribution in [2.75, 3.05) is 6.54 Å². The van der Waals surface area contributed by atoms with Gasteiger partial charge in [-0.1, -0.05) is 11.6 Å². The predicted octanol–water partition coefficient (Wildman–Crippen LogP) is 2.99. The summed E-state index contributed by atoms with van der Waals surface area (Å²) in [4.78, 5) is 13.1. The molecule has 3 nitrogen and oxygen atoms in total. The van der Waals surface area contributed by atoms with Gasteiger partial charge in [0.25, 0.3) is 0 Å². The number of hydrogen-bond acceptors (Lipinski definition) is 2. The topological polar surface area (TPSA) is 33.5 Å². The molecule has 0 bridgehead atoms. The zero-order chi connectivity index (χ0) is 12.0.